The molecule has 0 atom stereocenters. The molecule has 0 spiro atoms. The number of aromatic nitrogens is 1. The van der Waals surface area contributed by atoms with Crippen LogP contribution in [0.3, 0.4) is 0 Å². The van der Waals surface area contributed by atoms with Crippen LogP contribution >= 0.6 is 0 Å². The van der Waals surface area contributed by atoms with Gasteiger partial charge < -0.3 is 19.9 Å². The number of aryl methyl sites for hydroxylation is 1. The molecule has 0 bridgehead atoms. The molecule has 0 fully saturated rings. The number of hydrogen-bond acceptors (Lipinski definition) is 2. The molecule has 0 unspecified atom stereocenters. The fourth-order valence-corrected chi connectivity index (χ4v) is 2.28. The maximum atomic E-state index is 5.69. The lowest BCUT2D eigenvalue weighted by Gasteiger charge is -2.14. The van der Waals surface area contributed by atoms with Crippen LogP contribution in [0.1, 0.15) is 18.1 Å². The van der Waals surface area contributed by atoms with Crippen LogP contribution in [0.5, 0.6) is 5.75 Å². The largest absolute Gasteiger partial charge is 0.489 e. The van der Waals surface area contributed by atoms with Crippen molar-refractivity contribution >= 4 is 5.96 Å². The first kappa shape index (κ1) is 17.7. The van der Waals surface area contributed by atoms with Crippen molar-refractivity contribution in [1.29, 1.82) is 0 Å². The summed E-state index contributed by atoms with van der Waals surface area (Å²) in [7, 11) is 2.01. The van der Waals surface area contributed by atoms with E-state index in [1.807, 2.05) is 42.1 Å². The van der Waals surface area contributed by atoms with Crippen LogP contribution in [-0.4, -0.2) is 23.7 Å². The molecule has 0 amide bonds. The number of rotatable bonds is 8. The van der Waals surface area contributed by atoms with Gasteiger partial charge in [-0.15, -0.1) is 0 Å². The molecule has 0 saturated heterocycles. The van der Waals surface area contributed by atoms with Gasteiger partial charge in [0.05, 0.1) is 6.54 Å². The molecule has 0 aliphatic heterocycles. The van der Waals surface area contributed by atoms with Crippen molar-refractivity contribution in [2.75, 3.05) is 13.2 Å². The summed E-state index contributed by atoms with van der Waals surface area (Å²) < 4.78 is 7.72. The third kappa shape index (κ3) is 5.50. The van der Waals surface area contributed by atoms with Crippen molar-refractivity contribution < 1.29 is 4.74 Å². The van der Waals surface area contributed by atoms with Crippen molar-refractivity contribution in [2.45, 2.75) is 20.0 Å². The van der Waals surface area contributed by atoms with Gasteiger partial charge in [0.2, 0.25) is 0 Å². The van der Waals surface area contributed by atoms with Gasteiger partial charge in [-0.1, -0.05) is 30.9 Å². The Morgan fingerprint density at radius 3 is 2.83 bits per heavy atom. The molecule has 2 aromatic rings. The number of hydrogen-bond donors (Lipinski definition) is 2. The number of benzene rings is 1. The summed E-state index contributed by atoms with van der Waals surface area (Å²) >= 11 is 0. The Morgan fingerprint density at radius 2 is 2.12 bits per heavy atom. The van der Waals surface area contributed by atoms with E-state index in [-0.39, 0.29) is 0 Å². The second kappa shape index (κ2) is 9.45. The summed E-state index contributed by atoms with van der Waals surface area (Å²) in [5.74, 6) is 1.66. The molecule has 1 aromatic heterocycles. The number of aliphatic imine (C=N–C) groups is 1. The minimum atomic E-state index is 0.499. The first-order valence-electron chi connectivity index (χ1n) is 8.17. The van der Waals surface area contributed by atoms with E-state index in [1.54, 1.807) is 6.08 Å². The van der Waals surface area contributed by atoms with Gasteiger partial charge in [0.25, 0.3) is 0 Å². The second-order valence-corrected chi connectivity index (χ2v) is 5.44. The lowest BCUT2D eigenvalue weighted by atomic mass is 10.2. The highest BCUT2D eigenvalue weighted by Gasteiger charge is 2.04. The molecule has 1 heterocycles. The highest BCUT2D eigenvalue weighted by molar-refractivity contribution is 5.79. The minimum Gasteiger partial charge on any atom is -0.489 e. The molecule has 128 valence electrons. The van der Waals surface area contributed by atoms with E-state index in [0.29, 0.717) is 19.7 Å². The molecule has 0 aliphatic rings. The lowest BCUT2D eigenvalue weighted by molar-refractivity contribution is 0.358. The summed E-state index contributed by atoms with van der Waals surface area (Å²) in [6.45, 7) is 8.35. The molecular formula is C19H26N4O. The van der Waals surface area contributed by atoms with Crippen LogP contribution in [0.25, 0.3) is 0 Å². The van der Waals surface area contributed by atoms with Crippen molar-refractivity contribution in [3.63, 3.8) is 0 Å². The number of ether oxygens (including phenoxy) is 1. The Morgan fingerprint density at radius 1 is 1.29 bits per heavy atom. The topological polar surface area (TPSA) is 50.6 Å². The smallest absolute Gasteiger partial charge is 0.191 e. The maximum absolute atomic E-state index is 5.69. The van der Waals surface area contributed by atoms with Crippen molar-refractivity contribution in [3.05, 3.63) is 66.5 Å². The molecule has 2 rings (SSSR count). The molecule has 2 N–H and O–H groups in total. The van der Waals surface area contributed by atoms with E-state index < -0.39 is 0 Å². The zero-order valence-electron chi connectivity index (χ0n) is 14.5. The van der Waals surface area contributed by atoms with E-state index in [9.17, 15) is 0 Å². The average Bonchev–Trinajstić information content (AvgIpc) is 3.01. The third-order valence-electron chi connectivity index (χ3n) is 3.43. The van der Waals surface area contributed by atoms with Crippen LogP contribution < -0.4 is 15.4 Å². The molecule has 1 aromatic carbocycles. The Kier molecular flexibility index (Phi) is 6.95. The quantitative estimate of drug-likeness (QED) is 0.445. The zero-order chi connectivity index (χ0) is 17.2. The van der Waals surface area contributed by atoms with Gasteiger partial charge in [0, 0.05) is 38.1 Å². The van der Waals surface area contributed by atoms with Crippen LogP contribution in [0.4, 0.5) is 0 Å². The number of guanidine groups is 1. The molecular weight excluding hydrogens is 300 g/mol. The van der Waals surface area contributed by atoms with Gasteiger partial charge in [-0.3, -0.25) is 0 Å². The predicted molar refractivity (Wildman–Crippen MR) is 99.2 cm³/mol. The van der Waals surface area contributed by atoms with Crippen LogP contribution in [0.2, 0.25) is 0 Å². The first-order chi connectivity index (χ1) is 11.7. The second-order valence-electron chi connectivity index (χ2n) is 5.44. The minimum absolute atomic E-state index is 0.499. The van der Waals surface area contributed by atoms with E-state index in [2.05, 4.69) is 41.4 Å². The molecule has 5 heteroatoms. The first-order valence-corrected chi connectivity index (χ1v) is 8.17. The van der Waals surface area contributed by atoms with Gasteiger partial charge in [0.1, 0.15) is 12.4 Å². The average molecular weight is 326 g/mol. The molecule has 0 saturated carbocycles. The number of para-hydroxylation sites is 1. The zero-order valence-corrected chi connectivity index (χ0v) is 14.5. The summed E-state index contributed by atoms with van der Waals surface area (Å²) in [5, 5.41) is 6.62. The summed E-state index contributed by atoms with van der Waals surface area (Å²) in [6, 6.07) is 10.1. The summed E-state index contributed by atoms with van der Waals surface area (Å²) in [4.78, 5) is 4.63. The SMILES string of the molecule is C=CCOc1ccccc1CNC(=NCc1ccn(C)c1)NCC. The fourth-order valence-electron chi connectivity index (χ4n) is 2.28. The number of nitrogens with one attached hydrogen (secondary N) is 2. The third-order valence-corrected chi connectivity index (χ3v) is 3.43. The van der Waals surface area contributed by atoms with E-state index in [4.69, 9.17) is 4.74 Å². The summed E-state index contributed by atoms with van der Waals surface area (Å²) in [6.07, 6.45) is 5.85. The van der Waals surface area contributed by atoms with E-state index >= 15 is 0 Å². The van der Waals surface area contributed by atoms with E-state index in [1.165, 1.54) is 5.56 Å². The van der Waals surface area contributed by atoms with Crippen molar-refractivity contribution in [2.24, 2.45) is 12.0 Å². The monoisotopic (exact) mass is 326 g/mol. The standard InChI is InChI=1S/C19H26N4O/c1-4-12-24-18-9-7-6-8-17(18)14-22-19(20-5-2)21-13-16-10-11-23(3)15-16/h4,6-11,15H,1,5,12-14H2,2-3H3,(H2,20,21,22). The van der Waals surface area contributed by atoms with Crippen LogP contribution in [0.15, 0.2) is 60.4 Å². The lowest BCUT2D eigenvalue weighted by Crippen LogP contribution is -2.36. The van der Waals surface area contributed by atoms with Crippen LogP contribution in [-0.2, 0) is 20.1 Å². The molecule has 5 nitrogen and oxygen atoms in total. The fraction of sp³-hybridized carbons (Fsp3) is 0.316. The van der Waals surface area contributed by atoms with Gasteiger partial charge in [-0.25, -0.2) is 4.99 Å². The molecule has 0 radical (unpaired) electrons. The van der Waals surface area contributed by atoms with Gasteiger partial charge in [0.15, 0.2) is 5.96 Å². The maximum Gasteiger partial charge on any atom is 0.191 e. The summed E-state index contributed by atoms with van der Waals surface area (Å²) in [5.41, 5.74) is 2.27. The Bertz CT molecular complexity index is 676. The normalized spacial score (nSPS) is 11.2. The highest BCUT2D eigenvalue weighted by Crippen LogP contribution is 2.17. The highest BCUT2D eigenvalue weighted by atomic mass is 16.5. The van der Waals surface area contributed by atoms with Gasteiger partial charge in [-0.2, -0.15) is 0 Å². The van der Waals surface area contributed by atoms with Crippen molar-refractivity contribution in [3.8, 4) is 5.75 Å². The predicted octanol–water partition coefficient (Wildman–Crippen LogP) is 2.85. The van der Waals surface area contributed by atoms with E-state index in [0.717, 1.165) is 23.8 Å². The Labute approximate surface area is 144 Å². The Balaban J connectivity index is 1.99. The molecule has 24 heavy (non-hydrogen) atoms. The number of nitrogens with zero attached hydrogens (tertiary/aromatic N) is 2. The Hall–Kier alpha value is -2.69. The van der Waals surface area contributed by atoms with Gasteiger partial charge in [-0.05, 0) is 24.6 Å². The molecule has 0 aliphatic carbocycles. The van der Waals surface area contributed by atoms with Crippen LogP contribution in [0, 0.1) is 0 Å². The van der Waals surface area contributed by atoms with Crippen molar-refractivity contribution in [1.82, 2.24) is 15.2 Å². The van der Waals surface area contributed by atoms with Gasteiger partial charge >= 0.3 is 0 Å².